The summed E-state index contributed by atoms with van der Waals surface area (Å²) in [5.74, 6) is -2.21. The number of halogens is 8. The summed E-state index contributed by atoms with van der Waals surface area (Å²) in [6.45, 7) is -1.06. The van der Waals surface area contributed by atoms with E-state index in [9.17, 15) is 24.0 Å². The molecule has 0 spiro atoms. The van der Waals surface area contributed by atoms with Crippen molar-refractivity contribution >= 4 is 157 Å². The Balaban J connectivity index is 1.32. The van der Waals surface area contributed by atoms with E-state index in [1.54, 1.807) is 0 Å². The maximum absolute atomic E-state index is 12.8. The van der Waals surface area contributed by atoms with Gasteiger partial charge in [-0.25, -0.2) is 4.79 Å². The molecule has 2 aromatic rings. The van der Waals surface area contributed by atoms with E-state index in [1.807, 2.05) is 0 Å². The molecule has 17 heteroatoms. The maximum atomic E-state index is 12.8. The van der Waals surface area contributed by atoms with Gasteiger partial charge < -0.3 is 9.47 Å². The summed E-state index contributed by atoms with van der Waals surface area (Å²) in [6.07, 6.45) is -1.08. The highest BCUT2D eigenvalue weighted by atomic mass is 79.9. The molecule has 0 aromatic heterocycles. The lowest BCUT2D eigenvalue weighted by molar-refractivity contribution is 0.0357. The highest BCUT2D eigenvalue weighted by Gasteiger charge is 2.42. The molecule has 0 N–H and O–H groups in total. The minimum atomic E-state index is -1.08. The van der Waals surface area contributed by atoms with Crippen LogP contribution in [-0.2, 0) is 9.47 Å². The lowest BCUT2D eigenvalue weighted by Gasteiger charge is -2.15. The summed E-state index contributed by atoms with van der Waals surface area (Å²) < 4.78 is 13.9. The first-order chi connectivity index (χ1) is 17.8. The van der Waals surface area contributed by atoms with Gasteiger partial charge in [0.05, 0.1) is 35.3 Å². The third-order valence-corrected chi connectivity index (χ3v) is 15.0. The van der Waals surface area contributed by atoms with Gasteiger partial charge in [0.2, 0.25) is 0 Å². The van der Waals surface area contributed by atoms with Crippen molar-refractivity contribution in [2.45, 2.75) is 0 Å². The smallest absolute Gasteiger partial charge is 0.432 e. The van der Waals surface area contributed by atoms with E-state index in [2.05, 4.69) is 127 Å². The van der Waals surface area contributed by atoms with Gasteiger partial charge in [-0.1, -0.05) is 0 Å². The highest BCUT2D eigenvalue weighted by Crippen LogP contribution is 2.46. The Morgan fingerprint density at radius 3 is 0.947 bits per heavy atom. The van der Waals surface area contributed by atoms with Crippen LogP contribution in [0.1, 0.15) is 41.4 Å². The van der Waals surface area contributed by atoms with Gasteiger partial charge in [-0.15, -0.1) is 0 Å². The van der Waals surface area contributed by atoms with Crippen LogP contribution in [-0.4, -0.2) is 65.9 Å². The molecule has 9 nitrogen and oxygen atoms in total. The topological polar surface area (TPSA) is 110 Å². The number of nitrogens with zero attached hydrogens (tertiary/aromatic N) is 2. The van der Waals surface area contributed by atoms with Crippen molar-refractivity contribution < 1.29 is 33.4 Å². The van der Waals surface area contributed by atoms with E-state index in [-0.39, 0.29) is 48.6 Å². The van der Waals surface area contributed by atoms with Crippen molar-refractivity contribution in [1.29, 1.82) is 0 Å². The molecule has 0 unspecified atom stereocenters. The average molecular weight is 1040 g/mol. The van der Waals surface area contributed by atoms with Crippen molar-refractivity contribution in [1.82, 2.24) is 9.80 Å². The van der Waals surface area contributed by atoms with Gasteiger partial charge in [0.15, 0.2) is 0 Å². The first-order valence-electron chi connectivity index (χ1n) is 10.0. The summed E-state index contributed by atoms with van der Waals surface area (Å²) in [4.78, 5) is 65.4. The zero-order chi connectivity index (χ0) is 28.2. The number of ether oxygens (including phenoxy) is 2. The second-order valence-corrected chi connectivity index (χ2v) is 13.8. The van der Waals surface area contributed by atoms with E-state index < -0.39 is 29.8 Å². The fourth-order valence-corrected chi connectivity index (χ4v) is 8.59. The number of amides is 4. The van der Waals surface area contributed by atoms with Crippen LogP contribution in [0.3, 0.4) is 0 Å². The number of imide groups is 2. The van der Waals surface area contributed by atoms with Gasteiger partial charge in [-0.3, -0.25) is 29.0 Å². The number of rotatable bonds is 6. The Morgan fingerprint density at radius 1 is 0.474 bits per heavy atom. The Kier molecular flexibility index (Phi) is 9.70. The molecular formula is C21H8Br8N2O7. The molecule has 38 heavy (non-hydrogen) atoms. The van der Waals surface area contributed by atoms with Crippen molar-refractivity contribution in [2.75, 3.05) is 26.3 Å². The lowest BCUT2D eigenvalue weighted by Crippen LogP contribution is -2.35. The standard InChI is InChI=1S/C21H8Br8N2O7/c22-9-5-6(10(23)14(27)13(9)26)18(33)30(17(5)32)1-3-37-21(36)38-4-2-31-19(34)7-8(20(31)35)12(25)16(29)15(28)11(7)24/h1-4H2. The minimum absolute atomic E-state index is 0.179. The van der Waals surface area contributed by atoms with E-state index in [0.717, 1.165) is 9.80 Å². The molecule has 4 rings (SSSR count). The molecule has 0 saturated carbocycles. The Hall–Kier alpha value is -0.170. The van der Waals surface area contributed by atoms with Crippen LogP contribution in [0.25, 0.3) is 0 Å². The number of carbonyl (C=O) groups excluding carboxylic acids is 5. The Labute approximate surface area is 281 Å². The molecule has 2 aliphatic rings. The minimum Gasteiger partial charge on any atom is -0.432 e. The molecule has 0 fully saturated rings. The van der Waals surface area contributed by atoms with Crippen LogP contribution in [0, 0.1) is 0 Å². The first kappa shape index (κ1) is 30.8. The van der Waals surface area contributed by atoms with Crippen LogP contribution in [0.15, 0.2) is 35.8 Å². The average Bonchev–Trinajstić information content (AvgIpc) is 3.28. The Morgan fingerprint density at radius 2 is 0.711 bits per heavy atom. The monoisotopic (exact) mass is 1030 g/mol. The molecule has 0 radical (unpaired) electrons. The van der Waals surface area contributed by atoms with Crippen LogP contribution >= 0.6 is 127 Å². The van der Waals surface area contributed by atoms with Crippen LogP contribution in [0.2, 0.25) is 0 Å². The number of hydrogen-bond acceptors (Lipinski definition) is 7. The van der Waals surface area contributed by atoms with E-state index in [1.165, 1.54) is 0 Å². The SMILES string of the molecule is O=C(OCCN1C(=O)c2c(Br)c(Br)c(Br)c(Br)c2C1=O)OCCN1C(=O)c2c(Br)c(Br)c(Br)c(Br)c2C1=O. The summed E-state index contributed by atoms with van der Waals surface area (Å²) >= 11 is 26.7. The van der Waals surface area contributed by atoms with E-state index >= 15 is 0 Å². The summed E-state index contributed by atoms with van der Waals surface area (Å²) in [5, 5.41) is 0. The summed E-state index contributed by atoms with van der Waals surface area (Å²) in [7, 11) is 0. The van der Waals surface area contributed by atoms with Gasteiger partial charge in [0, 0.05) is 35.8 Å². The largest absolute Gasteiger partial charge is 0.508 e. The third kappa shape index (κ3) is 5.15. The molecule has 4 amide bonds. The normalized spacial score (nSPS) is 14.4. The first-order valence-corrected chi connectivity index (χ1v) is 16.4. The molecule has 0 saturated heterocycles. The molecule has 2 aliphatic heterocycles. The van der Waals surface area contributed by atoms with Crippen LogP contribution in [0.4, 0.5) is 4.79 Å². The maximum Gasteiger partial charge on any atom is 0.508 e. The van der Waals surface area contributed by atoms with Gasteiger partial charge >= 0.3 is 6.16 Å². The van der Waals surface area contributed by atoms with Gasteiger partial charge in [-0.05, 0) is 127 Å². The number of hydrogen-bond donors (Lipinski definition) is 0. The predicted octanol–water partition coefficient (Wildman–Crippen LogP) is 7.83. The van der Waals surface area contributed by atoms with Crippen molar-refractivity contribution in [3.05, 3.63) is 58.0 Å². The van der Waals surface area contributed by atoms with E-state index in [0.29, 0.717) is 35.8 Å². The van der Waals surface area contributed by atoms with Gasteiger partial charge in [-0.2, -0.15) is 0 Å². The quantitative estimate of drug-likeness (QED) is 0.126. The van der Waals surface area contributed by atoms with Gasteiger partial charge in [0.1, 0.15) is 13.2 Å². The second-order valence-electron chi connectivity index (χ2n) is 7.48. The van der Waals surface area contributed by atoms with Crippen molar-refractivity contribution in [3.63, 3.8) is 0 Å². The number of carbonyl (C=O) groups is 5. The Bertz CT molecular complexity index is 1280. The van der Waals surface area contributed by atoms with Crippen LogP contribution < -0.4 is 0 Å². The van der Waals surface area contributed by atoms with Gasteiger partial charge in [0.25, 0.3) is 23.6 Å². The zero-order valence-corrected chi connectivity index (χ0v) is 30.8. The summed E-state index contributed by atoms with van der Waals surface area (Å²) in [6, 6.07) is 0. The molecular weight excluding hydrogens is 1030 g/mol. The molecule has 0 atom stereocenters. The molecule has 0 bridgehead atoms. The van der Waals surface area contributed by atoms with Crippen molar-refractivity contribution in [2.24, 2.45) is 0 Å². The fraction of sp³-hybridized carbons (Fsp3) is 0.190. The zero-order valence-electron chi connectivity index (χ0n) is 18.1. The molecule has 2 heterocycles. The van der Waals surface area contributed by atoms with Crippen LogP contribution in [0.5, 0.6) is 0 Å². The predicted molar refractivity (Wildman–Crippen MR) is 163 cm³/mol. The second kappa shape index (κ2) is 12.0. The number of fused-ring (bicyclic) bond motifs is 2. The number of benzene rings is 2. The molecule has 2 aromatic carbocycles. The summed E-state index contributed by atoms with van der Waals surface area (Å²) in [5.41, 5.74) is 0.714. The fourth-order valence-electron chi connectivity index (χ4n) is 3.68. The van der Waals surface area contributed by atoms with E-state index in [4.69, 9.17) is 9.47 Å². The van der Waals surface area contributed by atoms with Crippen molar-refractivity contribution in [3.8, 4) is 0 Å². The third-order valence-electron chi connectivity index (χ3n) is 5.44. The molecule has 200 valence electrons. The lowest BCUT2D eigenvalue weighted by atomic mass is 10.1. The highest BCUT2D eigenvalue weighted by molar-refractivity contribution is 9.15. The molecule has 0 aliphatic carbocycles.